The van der Waals surface area contributed by atoms with Crippen LogP contribution in [0.5, 0.6) is 0 Å². The summed E-state index contributed by atoms with van der Waals surface area (Å²) in [6.07, 6.45) is 2.04. The molecule has 0 aliphatic heterocycles. The first-order valence-corrected chi connectivity index (χ1v) is 13.2. The van der Waals surface area contributed by atoms with Crippen LogP contribution in [0, 0.1) is 11.5 Å². The molecule has 1 radical (unpaired) electrons. The zero-order valence-electron chi connectivity index (χ0n) is 23.0. The second-order valence-electron chi connectivity index (χ2n) is 12.1. The van der Waals surface area contributed by atoms with Crippen molar-refractivity contribution in [1.82, 2.24) is 4.98 Å². The summed E-state index contributed by atoms with van der Waals surface area (Å²) in [6, 6.07) is 36.1. The predicted octanol–water partition coefficient (Wildman–Crippen LogP) is 9.63. The molecule has 0 amide bonds. The van der Waals surface area contributed by atoms with Gasteiger partial charge in [-0.3, -0.25) is 0 Å². The number of pyridine rings is 1. The van der Waals surface area contributed by atoms with Gasteiger partial charge in [-0.1, -0.05) is 102 Å². The van der Waals surface area contributed by atoms with Crippen LogP contribution in [0.1, 0.15) is 52.7 Å². The maximum absolute atomic E-state index is 4.89. The first kappa shape index (κ1) is 26.5. The van der Waals surface area contributed by atoms with Gasteiger partial charge in [-0.25, -0.2) is 0 Å². The Balaban J connectivity index is 0.00000294. The summed E-state index contributed by atoms with van der Waals surface area (Å²) < 4.78 is 0. The smallest absolute Gasteiger partial charge is 0.0239 e. The van der Waals surface area contributed by atoms with Crippen molar-refractivity contribution in [2.45, 2.75) is 52.4 Å². The van der Waals surface area contributed by atoms with Crippen molar-refractivity contribution in [3.05, 3.63) is 114 Å². The van der Waals surface area contributed by atoms with Crippen molar-refractivity contribution in [2.24, 2.45) is 5.41 Å². The molecule has 0 bridgehead atoms. The van der Waals surface area contributed by atoms with E-state index in [-0.39, 0.29) is 36.4 Å². The Morgan fingerprint density at radius 3 is 1.84 bits per heavy atom. The number of benzene rings is 4. The van der Waals surface area contributed by atoms with Gasteiger partial charge < -0.3 is 4.98 Å². The SMILES string of the molecule is CC1(C)c2cc3cnc(-c4[c-]ccc(-c5cccc(-c6ccccc6)c5)c4)cc3cc2C(C)(C)C1(C)C.[Ir]. The molecule has 6 rings (SSSR count). The van der Waals surface area contributed by atoms with Gasteiger partial charge in [-0.15, -0.1) is 35.4 Å². The fourth-order valence-electron chi connectivity index (χ4n) is 6.13. The number of nitrogens with zero attached hydrogens (tertiary/aromatic N) is 1. The number of hydrogen-bond acceptors (Lipinski definition) is 1. The number of rotatable bonds is 3. The van der Waals surface area contributed by atoms with Crippen molar-refractivity contribution in [3.8, 4) is 33.5 Å². The molecule has 0 N–H and O–H groups in total. The van der Waals surface area contributed by atoms with Gasteiger partial charge in [-0.05, 0) is 72.7 Å². The van der Waals surface area contributed by atoms with Crippen LogP contribution in [0.2, 0.25) is 0 Å². The van der Waals surface area contributed by atoms with E-state index in [0.29, 0.717) is 0 Å². The first-order valence-electron chi connectivity index (χ1n) is 13.2. The van der Waals surface area contributed by atoms with Gasteiger partial charge in [-0.2, -0.15) is 0 Å². The van der Waals surface area contributed by atoms with Crippen molar-refractivity contribution in [1.29, 1.82) is 0 Å². The quantitative estimate of drug-likeness (QED) is 0.174. The van der Waals surface area contributed by atoms with Gasteiger partial charge in [0.1, 0.15) is 0 Å². The normalized spacial score (nSPS) is 16.6. The third-order valence-electron chi connectivity index (χ3n) is 9.71. The summed E-state index contributed by atoms with van der Waals surface area (Å²) in [4.78, 5) is 4.89. The van der Waals surface area contributed by atoms with E-state index in [1.165, 1.54) is 44.2 Å². The van der Waals surface area contributed by atoms with Gasteiger partial charge in [0, 0.05) is 26.3 Å². The molecule has 2 heteroatoms. The molecule has 1 aliphatic rings. The standard InChI is InChI=1S/C36H34N.Ir/c1-34(2)31-20-29-22-33(37-23-30(29)21-32(31)35(3,4)36(34,5)6)28-17-11-16-27(19-28)26-15-10-14-25(18-26)24-12-8-7-9-13-24;/h7-16,18-23H,1-6H3;/q-1;. The minimum Gasteiger partial charge on any atom is -0.304 e. The molecule has 0 spiro atoms. The van der Waals surface area contributed by atoms with E-state index in [9.17, 15) is 0 Å². The van der Waals surface area contributed by atoms with Gasteiger partial charge in [0.2, 0.25) is 0 Å². The first-order chi connectivity index (χ1) is 17.6. The Labute approximate surface area is 240 Å². The molecule has 193 valence electrons. The van der Waals surface area contributed by atoms with Crippen LogP contribution in [0.25, 0.3) is 44.3 Å². The molecular formula is C36H34IrN-. The minimum absolute atomic E-state index is 0. The van der Waals surface area contributed by atoms with Gasteiger partial charge in [0.25, 0.3) is 0 Å². The molecule has 5 aromatic rings. The molecule has 0 fully saturated rings. The molecule has 0 atom stereocenters. The molecule has 4 aromatic carbocycles. The Kier molecular flexibility index (Phi) is 6.49. The van der Waals surface area contributed by atoms with Gasteiger partial charge >= 0.3 is 0 Å². The Bertz CT molecular complexity index is 1640. The molecular weight excluding hydrogens is 639 g/mol. The summed E-state index contributed by atoms with van der Waals surface area (Å²) in [5.74, 6) is 0. The largest absolute Gasteiger partial charge is 0.304 e. The fraction of sp³-hybridized carbons (Fsp3) is 0.250. The zero-order chi connectivity index (χ0) is 26.0. The second kappa shape index (κ2) is 9.30. The van der Waals surface area contributed by atoms with Crippen LogP contribution < -0.4 is 0 Å². The van der Waals surface area contributed by atoms with Crippen LogP contribution in [-0.4, -0.2) is 4.98 Å². The van der Waals surface area contributed by atoms with Crippen molar-refractivity contribution < 1.29 is 20.1 Å². The third kappa shape index (κ3) is 3.98. The van der Waals surface area contributed by atoms with E-state index in [1.54, 1.807) is 0 Å². The van der Waals surface area contributed by atoms with E-state index in [4.69, 9.17) is 4.98 Å². The Morgan fingerprint density at radius 1 is 0.579 bits per heavy atom. The summed E-state index contributed by atoms with van der Waals surface area (Å²) in [7, 11) is 0. The van der Waals surface area contributed by atoms with Crippen LogP contribution in [0.15, 0.2) is 97.2 Å². The van der Waals surface area contributed by atoms with Gasteiger partial charge in [0.05, 0.1) is 0 Å². The van der Waals surface area contributed by atoms with Crippen molar-refractivity contribution in [2.75, 3.05) is 0 Å². The van der Waals surface area contributed by atoms with Crippen LogP contribution in [-0.2, 0) is 30.9 Å². The Hall–Kier alpha value is -3.06. The molecule has 1 nitrogen and oxygen atoms in total. The summed E-state index contributed by atoms with van der Waals surface area (Å²) in [6.45, 7) is 14.4. The van der Waals surface area contributed by atoms with Crippen LogP contribution >= 0.6 is 0 Å². The molecule has 0 saturated heterocycles. The number of aromatic nitrogens is 1. The predicted molar refractivity (Wildman–Crippen MR) is 157 cm³/mol. The van der Waals surface area contributed by atoms with E-state index in [2.05, 4.69) is 133 Å². The summed E-state index contributed by atoms with van der Waals surface area (Å²) in [5, 5.41) is 2.45. The van der Waals surface area contributed by atoms with Crippen LogP contribution in [0.3, 0.4) is 0 Å². The molecule has 1 aliphatic carbocycles. The Morgan fingerprint density at radius 2 is 1.16 bits per heavy atom. The summed E-state index contributed by atoms with van der Waals surface area (Å²) in [5.41, 5.74) is 10.0. The van der Waals surface area contributed by atoms with Crippen molar-refractivity contribution >= 4 is 10.8 Å². The summed E-state index contributed by atoms with van der Waals surface area (Å²) >= 11 is 0. The van der Waals surface area contributed by atoms with Crippen LogP contribution in [0.4, 0.5) is 0 Å². The number of fused-ring (bicyclic) bond motifs is 2. The fourth-order valence-corrected chi connectivity index (χ4v) is 6.13. The van der Waals surface area contributed by atoms with E-state index in [1.807, 2.05) is 12.3 Å². The minimum atomic E-state index is 0. The maximum Gasteiger partial charge on any atom is 0.0239 e. The molecule has 0 unspecified atom stereocenters. The topological polar surface area (TPSA) is 12.9 Å². The average molecular weight is 673 g/mol. The molecule has 38 heavy (non-hydrogen) atoms. The van der Waals surface area contributed by atoms with E-state index >= 15 is 0 Å². The molecule has 0 saturated carbocycles. The average Bonchev–Trinajstić information content (AvgIpc) is 3.01. The van der Waals surface area contributed by atoms with E-state index in [0.717, 1.165) is 11.3 Å². The number of hydrogen-bond donors (Lipinski definition) is 0. The van der Waals surface area contributed by atoms with Gasteiger partial charge in [0.15, 0.2) is 0 Å². The second-order valence-corrected chi connectivity index (χ2v) is 12.1. The third-order valence-corrected chi connectivity index (χ3v) is 9.71. The zero-order valence-corrected chi connectivity index (χ0v) is 25.4. The monoisotopic (exact) mass is 673 g/mol. The molecule has 1 heterocycles. The van der Waals surface area contributed by atoms with Crippen molar-refractivity contribution in [3.63, 3.8) is 0 Å². The maximum atomic E-state index is 4.89. The molecule has 1 aromatic heterocycles. The van der Waals surface area contributed by atoms with E-state index < -0.39 is 0 Å².